The van der Waals surface area contributed by atoms with Crippen molar-refractivity contribution in [1.82, 2.24) is 9.97 Å². The number of aromatic nitrogens is 2. The number of thiazole rings is 1. The molecule has 0 fully saturated rings. The number of nitrogens with two attached hydrogens (primary N) is 1. The van der Waals surface area contributed by atoms with E-state index in [1.165, 1.54) is 11.3 Å². The molecule has 1 aliphatic rings. The average molecular weight is 449 g/mol. The van der Waals surface area contributed by atoms with Crippen LogP contribution in [0.25, 0.3) is 5.70 Å². The van der Waals surface area contributed by atoms with Crippen LogP contribution >= 0.6 is 54.8 Å². The molecule has 2 aromatic rings. The van der Waals surface area contributed by atoms with Gasteiger partial charge in [-0.05, 0) is 34.1 Å². The van der Waals surface area contributed by atoms with E-state index < -0.39 is 5.00 Å². The molecule has 1 aliphatic heterocycles. The Bertz CT molecular complexity index is 728. The monoisotopic (exact) mass is 446 g/mol. The summed E-state index contributed by atoms with van der Waals surface area (Å²) in [5, 5.41) is 2.66. The molecule has 3 heterocycles. The van der Waals surface area contributed by atoms with Gasteiger partial charge in [0.1, 0.15) is 14.6 Å². The van der Waals surface area contributed by atoms with Gasteiger partial charge in [0.15, 0.2) is 0 Å². The predicted octanol–water partition coefficient (Wildman–Crippen LogP) is 3.80. The number of pyridine rings is 1. The first-order chi connectivity index (χ1) is 9.97. The Morgan fingerprint density at radius 3 is 2.86 bits per heavy atom. The van der Waals surface area contributed by atoms with E-state index >= 15 is 0 Å². The van der Waals surface area contributed by atoms with Crippen LogP contribution in [0.2, 0.25) is 0 Å². The van der Waals surface area contributed by atoms with Crippen molar-refractivity contribution in [2.75, 3.05) is 0 Å². The first-order valence-corrected chi connectivity index (χ1v) is 8.90. The molecule has 3 rings (SSSR count). The lowest BCUT2D eigenvalue weighted by Gasteiger charge is -2.29. The molecule has 2 unspecified atom stereocenters. The van der Waals surface area contributed by atoms with Crippen LogP contribution in [-0.2, 0) is 0 Å². The summed E-state index contributed by atoms with van der Waals surface area (Å²) in [7, 11) is 0. The van der Waals surface area contributed by atoms with Gasteiger partial charge in [-0.1, -0.05) is 33.6 Å². The standard InChI is InChI=1S/C13H9Br2ClN4S/c14-9-3-1-2-7(19-9)10-11(15)13(16,17)6-8(20-10)12-18-4-5-21-12/h1-6,11H,17H2. The van der Waals surface area contributed by atoms with Gasteiger partial charge < -0.3 is 5.73 Å². The van der Waals surface area contributed by atoms with Crippen molar-refractivity contribution in [2.45, 2.75) is 9.83 Å². The first kappa shape index (κ1) is 15.3. The second kappa shape index (κ2) is 5.89. The van der Waals surface area contributed by atoms with Gasteiger partial charge in [-0.3, -0.25) is 0 Å². The van der Waals surface area contributed by atoms with Crippen molar-refractivity contribution in [3.63, 3.8) is 0 Å². The van der Waals surface area contributed by atoms with Crippen molar-refractivity contribution in [3.8, 4) is 0 Å². The summed E-state index contributed by atoms with van der Waals surface area (Å²) in [6.45, 7) is 0. The van der Waals surface area contributed by atoms with Gasteiger partial charge in [-0.15, -0.1) is 11.3 Å². The van der Waals surface area contributed by atoms with Gasteiger partial charge in [0.2, 0.25) is 0 Å². The zero-order valence-electron chi connectivity index (χ0n) is 10.5. The highest BCUT2D eigenvalue weighted by atomic mass is 79.9. The van der Waals surface area contributed by atoms with Crippen LogP contribution < -0.4 is 5.73 Å². The minimum Gasteiger partial charge on any atom is -0.308 e. The van der Waals surface area contributed by atoms with Gasteiger partial charge >= 0.3 is 0 Å². The molecule has 21 heavy (non-hydrogen) atoms. The molecule has 0 radical (unpaired) electrons. The number of nitrogens with zero attached hydrogens (tertiary/aromatic N) is 3. The van der Waals surface area contributed by atoms with Crippen LogP contribution in [0.5, 0.6) is 0 Å². The van der Waals surface area contributed by atoms with Gasteiger partial charge in [0.25, 0.3) is 0 Å². The highest BCUT2D eigenvalue weighted by Crippen LogP contribution is 2.35. The van der Waals surface area contributed by atoms with Crippen LogP contribution in [-0.4, -0.2) is 25.5 Å². The Kier molecular flexibility index (Phi) is 4.29. The lowest BCUT2D eigenvalue weighted by molar-refractivity contribution is 0.784. The average Bonchev–Trinajstić information content (AvgIpc) is 2.95. The summed E-state index contributed by atoms with van der Waals surface area (Å²) >= 11 is 14.8. The van der Waals surface area contributed by atoms with E-state index in [1.54, 1.807) is 12.3 Å². The number of aliphatic imine (C=N–C) groups is 1. The molecule has 0 spiro atoms. The maximum atomic E-state index is 6.43. The number of hydrogen-bond acceptors (Lipinski definition) is 5. The molecular weight excluding hydrogens is 439 g/mol. The van der Waals surface area contributed by atoms with Crippen molar-refractivity contribution in [1.29, 1.82) is 0 Å². The smallest absolute Gasteiger partial charge is 0.141 e. The van der Waals surface area contributed by atoms with E-state index in [1.807, 2.05) is 23.6 Å². The molecule has 0 saturated heterocycles. The third-order valence-electron chi connectivity index (χ3n) is 2.86. The summed E-state index contributed by atoms with van der Waals surface area (Å²) in [5.41, 5.74) is 8.24. The van der Waals surface area contributed by atoms with Crippen LogP contribution in [0.1, 0.15) is 10.7 Å². The van der Waals surface area contributed by atoms with E-state index in [4.69, 9.17) is 17.3 Å². The first-order valence-electron chi connectivity index (χ1n) is 5.93. The molecule has 2 aromatic heterocycles. The molecule has 4 nitrogen and oxygen atoms in total. The Morgan fingerprint density at radius 1 is 1.38 bits per heavy atom. The van der Waals surface area contributed by atoms with E-state index in [2.05, 4.69) is 46.8 Å². The topological polar surface area (TPSA) is 64.2 Å². The number of rotatable bonds is 2. The molecular formula is C13H9Br2ClN4S. The summed E-state index contributed by atoms with van der Waals surface area (Å²) in [5.74, 6) is 0. The number of halogens is 3. The highest BCUT2D eigenvalue weighted by Gasteiger charge is 2.38. The third-order valence-corrected chi connectivity index (χ3v) is 5.88. The fourth-order valence-corrected chi connectivity index (χ4v) is 3.53. The highest BCUT2D eigenvalue weighted by molar-refractivity contribution is 9.10. The largest absolute Gasteiger partial charge is 0.308 e. The maximum Gasteiger partial charge on any atom is 0.141 e. The fraction of sp³-hybridized carbons (Fsp3) is 0.154. The Morgan fingerprint density at radius 2 is 2.19 bits per heavy atom. The molecule has 2 N–H and O–H groups in total. The van der Waals surface area contributed by atoms with Crippen LogP contribution in [0.15, 0.2) is 45.4 Å². The lowest BCUT2D eigenvalue weighted by Crippen LogP contribution is -2.47. The molecule has 0 aromatic carbocycles. The maximum absolute atomic E-state index is 6.43. The van der Waals surface area contributed by atoms with Crippen molar-refractivity contribution in [3.05, 3.63) is 51.2 Å². The molecule has 0 saturated carbocycles. The van der Waals surface area contributed by atoms with Gasteiger partial charge in [-0.25, -0.2) is 15.0 Å². The lowest BCUT2D eigenvalue weighted by atomic mass is 10.0. The minimum absolute atomic E-state index is 0.350. The predicted molar refractivity (Wildman–Crippen MR) is 94.1 cm³/mol. The van der Waals surface area contributed by atoms with E-state index in [0.717, 1.165) is 9.61 Å². The summed E-state index contributed by atoms with van der Waals surface area (Å²) in [4.78, 5) is 11.9. The summed E-state index contributed by atoms with van der Waals surface area (Å²) in [6, 6.07) is 5.61. The Labute approximate surface area is 147 Å². The van der Waals surface area contributed by atoms with Gasteiger partial charge in [-0.2, -0.15) is 0 Å². The van der Waals surface area contributed by atoms with E-state index in [0.29, 0.717) is 17.1 Å². The zero-order chi connectivity index (χ0) is 15.0. The number of alkyl halides is 2. The Hall–Kier alpha value is -0.600. The quantitative estimate of drug-likeness (QED) is 0.432. The minimum atomic E-state index is -1.10. The second-order valence-electron chi connectivity index (χ2n) is 4.40. The van der Waals surface area contributed by atoms with E-state index in [-0.39, 0.29) is 4.83 Å². The normalized spacial score (nSPS) is 25.4. The summed E-state index contributed by atoms with van der Waals surface area (Å²) in [6.07, 6.45) is 3.44. The van der Waals surface area contributed by atoms with Crippen LogP contribution in [0, 0.1) is 0 Å². The van der Waals surface area contributed by atoms with E-state index in [9.17, 15) is 0 Å². The molecule has 0 aliphatic carbocycles. The van der Waals surface area contributed by atoms with Crippen molar-refractivity contribution >= 4 is 66.2 Å². The molecule has 108 valence electrons. The third kappa shape index (κ3) is 3.12. The fourth-order valence-electron chi connectivity index (χ4n) is 1.91. The summed E-state index contributed by atoms with van der Waals surface area (Å²) < 4.78 is 0.727. The SMILES string of the molecule is NC1(Cl)C=C(c2nccs2)N=C(c2cccc(Br)n2)C1Br. The Balaban J connectivity index is 2.12. The van der Waals surface area contributed by atoms with Gasteiger partial charge in [0, 0.05) is 11.6 Å². The van der Waals surface area contributed by atoms with Crippen molar-refractivity contribution in [2.24, 2.45) is 10.7 Å². The molecule has 8 heteroatoms. The van der Waals surface area contributed by atoms with Crippen LogP contribution in [0.4, 0.5) is 0 Å². The second-order valence-corrected chi connectivity index (χ2v) is 7.68. The number of hydrogen-bond donors (Lipinski definition) is 1. The molecule has 0 bridgehead atoms. The van der Waals surface area contributed by atoms with Gasteiger partial charge in [0.05, 0.1) is 21.9 Å². The zero-order valence-corrected chi connectivity index (χ0v) is 15.2. The molecule has 0 amide bonds. The molecule has 2 atom stereocenters. The van der Waals surface area contributed by atoms with Crippen LogP contribution in [0.3, 0.4) is 0 Å². The van der Waals surface area contributed by atoms with Crippen molar-refractivity contribution < 1.29 is 0 Å².